The van der Waals surface area contributed by atoms with Crippen LogP contribution in [-0.4, -0.2) is 16.3 Å². The molecule has 2 N–H and O–H groups in total. The van der Waals surface area contributed by atoms with Gasteiger partial charge in [0.1, 0.15) is 0 Å². The van der Waals surface area contributed by atoms with Crippen molar-refractivity contribution in [3.8, 4) is 0 Å². The molecule has 7 heteroatoms. The van der Waals surface area contributed by atoms with E-state index in [0.29, 0.717) is 33.0 Å². The monoisotopic (exact) mass is 471 g/mol. The maximum absolute atomic E-state index is 13.5. The first-order chi connectivity index (χ1) is 16.7. The summed E-state index contributed by atoms with van der Waals surface area (Å²) in [6, 6.07) is 25.3. The van der Waals surface area contributed by atoms with Crippen LogP contribution < -0.4 is 5.73 Å². The number of halogens is 3. The second kappa shape index (κ2) is 8.43. The predicted molar refractivity (Wildman–Crippen MR) is 127 cm³/mol. The standard InChI is InChI=1S/C28H18F3N2O2/c29-28(30,31)20-12-13-21-24(15-20)33(23-11-5-10-22(25(21)23)27(32)35)16-17-6-4-9-19(14-17)26(34)18-7-2-1-3-8-18/h1-12,14-15H,16H2,(H2,32,35). The fourth-order valence-corrected chi connectivity index (χ4v) is 4.34. The third-order valence-corrected chi connectivity index (χ3v) is 5.95. The number of carbonyl (C=O) groups is 2. The lowest BCUT2D eigenvalue weighted by Crippen LogP contribution is -2.11. The summed E-state index contributed by atoms with van der Waals surface area (Å²) in [5, 5.41) is 0.819. The lowest BCUT2D eigenvalue weighted by atomic mass is 10.0. The Morgan fingerprint density at radius 1 is 0.857 bits per heavy atom. The molecule has 1 aromatic heterocycles. The second-order valence-corrected chi connectivity index (χ2v) is 8.19. The van der Waals surface area contributed by atoms with Crippen LogP contribution in [0.5, 0.6) is 0 Å². The minimum Gasteiger partial charge on any atom is -0.366 e. The zero-order valence-electron chi connectivity index (χ0n) is 18.3. The Balaban J connectivity index is 1.68. The van der Waals surface area contributed by atoms with E-state index in [1.165, 1.54) is 0 Å². The van der Waals surface area contributed by atoms with Gasteiger partial charge in [-0.15, -0.1) is 0 Å². The summed E-state index contributed by atoms with van der Waals surface area (Å²) in [6.45, 7) is 0.174. The Kier molecular flexibility index (Phi) is 5.40. The molecule has 0 spiro atoms. The molecule has 0 saturated carbocycles. The number of fused-ring (bicyclic) bond motifs is 3. The lowest BCUT2D eigenvalue weighted by Gasteiger charge is -2.11. The number of primary amides is 1. The number of hydrogen-bond donors (Lipinski definition) is 1. The number of ketones is 1. The van der Waals surface area contributed by atoms with E-state index in [0.717, 1.165) is 12.1 Å². The predicted octanol–water partition coefficient (Wildman–Crippen LogP) is 5.99. The third-order valence-electron chi connectivity index (χ3n) is 5.95. The van der Waals surface area contributed by atoms with Crippen LogP contribution in [0.25, 0.3) is 21.8 Å². The van der Waals surface area contributed by atoms with Gasteiger partial charge in [0.15, 0.2) is 5.78 Å². The minimum atomic E-state index is -4.56. The van der Waals surface area contributed by atoms with Crippen molar-refractivity contribution in [2.24, 2.45) is 5.73 Å². The molecule has 1 radical (unpaired) electrons. The molecule has 0 aliphatic rings. The molecular weight excluding hydrogens is 453 g/mol. The maximum Gasteiger partial charge on any atom is 0.416 e. The Hall–Kier alpha value is -4.39. The lowest BCUT2D eigenvalue weighted by molar-refractivity contribution is -0.137. The van der Waals surface area contributed by atoms with E-state index in [2.05, 4.69) is 6.07 Å². The highest BCUT2D eigenvalue weighted by Crippen LogP contribution is 2.36. The highest BCUT2D eigenvalue weighted by molar-refractivity contribution is 6.17. The Morgan fingerprint density at radius 3 is 2.29 bits per heavy atom. The van der Waals surface area contributed by atoms with Crippen molar-refractivity contribution < 1.29 is 22.8 Å². The van der Waals surface area contributed by atoms with Crippen LogP contribution in [0.1, 0.15) is 37.4 Å². The van der Waals surface area contributed by atoms with Gasteiger partial charge in [0.2, 0.25) is 5.91 Å². The topological polar surface area (TPSA) is 65.1 Å². The van der Waals surface area contributed by atoms with Gasteiger partial charge in [-0.2, -0.15) is 13.2 Å². The fourth-order valence-electron chi connectivity index (χ4n) is 4.34. The Bertz CT molecular complexity index is 1600. The second-order valence-electron chi connectivity index (χ2n) is 8.19. The van der Waals surface area contributed by atoms with Crippen LogP contribution in [0.15, 0.2) is 84.9 Å². The summed E-state index contributed by atoms with van der Waals surface area (Å²) in [4.78, 5) is 25.0. The van der Waals surface area contributed by atoms with Gasteiger partial charge >= 0.3 is 6.18 Å². The molecule has 5 aromatic rings. The highest BCUT2D eigenvalue weighted by Gasteiger charge is 2.31. The Morgan fingerprint density at radius 2 is 1.57 bits per heavy atom. The normalized spacial score (nSPS) is 11.7. The van der Waals surface area contributed by atoms with E-state index < -0.39 is 17.6 Å². The smallest absolute Gasteiger partial charge is 0.366 e. The minimum absolute atomic E-state index is 0.154. The van der Waals surface area contributed by atoms with Crippen molar-refractivity contribution in [1.82, 2.24) is 4.57 Å². The molecule has 1 amide bonds. The number of nitrogens with two attached hydrogens (primary N) is 1. The van der Waals surface area contributed by atoms with Crippen molar-refractivity contribution in [2.75, 3.05) is 0 Å². The van der Waals surface area contributed by atoms with Gasteiger partial charge < -0.3 is 10.3 Å². The average molecular weight is 471 g/mol. The van der Waals surface area contributed by atoms with Crippen molar-refractivity contribution in [2.45, 2.75) is 12.7 Å². The molecule has 4 aromatic carbocycles. The number of amides is 1. The fraction of sp³-hybridized carbons (Fsp3) is 0.0714. The van der Waals surface area contributed by atoms with E-state index in [-0.39, 0.29) is 23.4 Å². The average Bonchev–Trinajstić information content (AvgIpc) is 3.16. The number of benzene rings is 4. The molecule has 5 rings (SSSR count). The molecule has 0 fully saturated rings. The quantitative estimate of drug-likeness (QED) is 0.320. The van der Waals surface area contributed by atoms with Gasteiger partial charge in [-0.05, 0) is 42.0 Å². The summed E-state index contributed by atoms with van der Waals surface area (Å²) in [5.74, 6) is -0.836. The largest absolute Gasteiger partial charge is 0.416 e. The van der Waals surface area contributed by atoms with Crippen LogP contribution >= 0.6 is 0 Å². The zero-order valence-corrected chi connectivity index (χ0v) is 18.3. The van der Waals surface area contributed by atoms with Crippen LogP contribution in [-0.2, 0) is 12.7 Å². The summed E-state index contributed by atoms with van der Waals surface area (Å²) >= 11 is 0. The molecular formula is C28H18F3N2O2. The molecule has 173 valence electrons. The van der Waals surface area contributed by atoms with E-state index in [4.69, 9.17) is 5.73 Å². The van der Waals surface area contributed by atoms with Gasteiger partial charge in [-0.25, -0.2) is 0 Å². The number of carbonyl (C=O) groups excluding carboxylic acids is 2. The van der Waals surface area contributed by atoms with Gasteiger partial charge in [-0.1, -0.05) is 54.6 Å². The molecule has 0 unspecified atom stereocenters. The summed E-state index contributed by atoms with van der Waals surface area (Å²) in [5.41, 5.74) is 7.46. The van der Waals surface area contributed by atoms with Crippen molar-refractivity contribution in [1.29, 1.82) is 0 Å². The van der Waals surface area contributed by atoms with Crippen molar-refractivity contribution in [3.05, 3.63) is 119 Å². The van der Waals surface area contributed by atoms with E-state index in [9.17, 15) is 22.8 Å². The van der Waals surface area contributed by atoms with E-state index in [1.54, 1.807) is 71.3 Å². The van der Waals surface area contributed by atoms with Crippen molar-refractivity contribution >= 4 is 33.5 Å². The van der Waals surface area contributed by atoms with E-state index in [1.807, 2.05) is 6.07 Å². The Labute approximate surface area is 198 Å². The summed E-state index contributed by atoms with van der Waals surface area (Å²) < 4.78 is 42.2. The molecule has 0 atom stereocenters. The SMILES string of the molecule is NC(=O)c1cccc2c1c1[c]cc(C(F)(F)F)cc1n2Cc1cccc(C(=O)c2ccccc2)c1. The number of alkyl halides is 3. The molecule has 4 nitrogen and oxygen atoms in total. The third kappa shape index (κ3) is 4.05. The number of aromatic nitrogens is 1. The van der Waals surface area contributed by atoms with Gasteiger partial charge in [-0.3, -0.25) is 9.59 Å². The van der Waals surface area contributed by atoms with Crippen LogP contribution in [0.2, 0.25) is 0 Å². The van der Waals surface area contributed by atoms with Crippen LogP contribution in [0.4, 0.5) is 13.2 Å². The highest BCUT2D eigenvalue weighted by atomic mass is 19.4. The molecule has 0 aliphatic carbocycles. The van der Waals surface area contributed by atoms with Crippen LogP contribution in [0.3, 0.4) is 0 Å². The van der Waals surface area contributed by atoms with Crippen LogP contribution in [0, 0.1) is 6.07 Å². The van der Waals surface area contributed by atoms with Crippen molar-refractivity contribution in [3.63, 3.8) is 0 Å². The zero-order chi connectivity index (χ0) is 24.7. The summed E-state index contributed by atoms with van der Waals surface area (Å²) in [6.07, 6.45) is -4.56. The number of rotatable bonds is 5. The van der Waals surface area contributed by atoms with Gasteiger partial charge in [0, 0.05) is 34.0 Å². The molecule has 35 heavy (non-hydrogen) atoms. The first-order valence-corrected chi connectivity index (χ1v) is 10.8. The molecule has 0 saturated heterocycles. The number of nitrogens with zero attached hydrogens (tertiary/aromatic N) is 1. The van der Waals surface area contributed by atoms with Gasteiger partial charge in [0.25, 0.3) is 0 Å². The van der Waals surface area contributed by atoms with E-state index >= 15 is 0 Å². The molecule has 1 heterocycles. The first-order valence-electron chi connectivity index (χ1n) is 10.8. The maximum atomic E-state index is 13.5. The molecule has 0 bridgehead atoms. The van der Waals surface area contributed by atoms with Gasteiger partial charge in [0.05, 0.1) is 16.6 Å². The summed E-state index contributed by atoms with van der Waals surface area (Å²) in [7, 11) is 0. The molecule has 0 aliphatic heterocycles. The first kappa shape index (κ1) is 22.4. The number of hydrogen-bond acceptors (Lipinski definition) is 2.